The fraction of sp³-hybridized carbons (Fsp3) is 0.846. The fourth-order valence-electron chi connectivity index (χ4n) is 2.21. The second kappa shape index (κ2) is 8.12. The van der Waals surface area contributed by atoms with Crippen LogP contribution in [0.5, 0.6) is 0 Å². The molecule has 1 rings (SSSR count). The van der Waals surface area contributed by atoms with Gasteiger partial charge in [-0.05, 0) is 19.4 Å². The van der Waals surface area contributed by atoms with Gasteiger partial charge in [0.2, 0.25) is 11.8 Å². The molecule has 0 radical (unpaired) electrons. The molecule has 110 valence electrons. The number of hydrogen-bond donors (Lipinski definition) is 1. The van der Waals surface area contributed by atoms with Gasteiger partial charge in [-0.2, -0.15) is 0 Å². The van der Waals surface area contributed by atoms with Crippen LogP contribution in [0.25, 0.3) is 0 Å². The van der Waals surface area contributed by atoms with Crippen molar-refractivity contribution in [2.75, 3.05) is 52.9 Å². The Balaban J connectivity index is 2.36. The summed E-state index contributed by atoms with van der Waals surface area (Å²) in [5.74, 6) is 0.248. The lowest BCUT2D eigenvalue weighted by molar-refractivity contribution is -0.131. The Bertz CT molecular complexity index is 309. The Labute approximate surface area is 115 Å². The van der Waals surface area contributed by atoms with Gasteiger partial charge in [0.1, 0.15) is 0 Å². The molecule has 2 N–H and O–H groups in total. The summed E-state index contributed by atoms with van der Waals surface area (Å²) in [6.07, 6.45) is 1.76. The molecule has 1 fully saturated rings. The van der Waals surface area contributed by atoms with Gasteiger partial charge in [0.15, 0.2) is 0 Å². The molecule has 1 aliphatic heterocycles. The SMILES string of the molecule is CC(=O)N1CCCN(CC(=O)N(C)CCCN)CC1. The van der Waals surface area contributed by atoms with Crippen LogP contribution in [-0.4, -0.2) is 79.4 Å². The van der Waals surface area contributed by atoms with E-state index in [1.807, 2.05) is 11.9 Å². The summed E-state index contributed by atoms with van der Waals surface area (Å²) in [5, 5.41) is 0. The standard InChI is InChI=1S/C13H26N4O2/c1-12(18)17-8-4-7-16(9-10-17)11-13(19)15(2)6-3-5-14/h3-11,14H2,1-2H3. The molecule has 0 aromatic carbocycles. The van der Waals surface area contributed by atoms with E-state index in [1.165, 1.54) is 0 Å². The monoisotopic (exact) mass is 270 g/mol. The van der Waals surface area contributed by atoms with Crippen LogP contribution < -0.4 is 5.73 Å². The number of carbonyl (C=O) groups excluding carboxylic acids is 2. The van der Waals surface area contributed by atoms with Gasteiger partial charge in [0.05, 0.1) is 6.54 Å². The molecule has 1 aliphatic rings. The summed E-state index contributed by atoms with van der Waals surface area (Å²) in [6.45, 7) is 6.51. The molecule has 2 amide bonds. The van der Waals surface area contributed by atoms with Gasteiger partial charge in [-0.15, -0.1) is 0 Å². The van der Waals surface area contributed by atoms with E-state index in [0.29, 0.717) is 19.6 Å². The summed E-state index contributed by atoms with van der Waals surface area (Å²) in [4.78, 5) is 29.1. The smallest absolute Gasteiger partial charge is 0.236 e. The minimum Gasteiger partial charge on any atom is -0.345 e. The molecule has 1 saturated heterocycles. The van der Waals surface area contributed by atoms with Gasteiger partial charge >= 0.3 is 0 Å². The van der Waals surface area contributed by atoms with E-state index in [1.54, 1.807) is 11.8 Å². The van der Waals surface area contributed by atoms with E-state index in [4.69, 9.17) is 5.73 Å². The summed E-state index contributed by atoms with van der Waals surface area (Å²) in [6, 6.07) is 0. The van der Waals surface area contributed by atoms with Crippen LogP contribution in [0.4, 0.5) is 0 Å². The topological polar surface area (TPSA) is 69.9 Å². The van der Waals surface area contributed by atoms with Crippen LogP contribution in [-0.2, 0) is 9.59 Å². The number of nitrogens with zero attached hydrogens (tertiary/aromatic N) is 3. The van der Waals surface area contributed by atoms with Gasteiger partial charge in [-0.25, -0.2) is 0 Å². The lowest BCUT2D eigenvalue weighted by atomic mass is 10.3. The maximum Gasteiger partial charge on any atom is 0.236 e. The van der Waals surface area contributed by atoms with Crippen molar-refractivity contribution >= 4 is 11.8 Å². The summed E-state index contributed by atoms with van der Waals surface area (Å²) in [7, 11) is 1.82. The molecule has 0 unspecified atom stereocenters. The zero-order chi connectivity index (χ0) is 14.3. The Kier molecular flexibility index (Phi) is 6.80. The van der Waals surface area contributed by atoms with E-state index in [9.17, 15) is 9.59 Å². The Morgan fingerprint density at radius 3 is 2.58 bits per heavy atom. The second-order valence-corrected chi connectivity index (χ2v) is 5.09. The predicted octanol–water partition coefficient (Wildman–Crippen LogP) is -0.652. The van der Waals surface area contributed by atoms with Crippen molar-refractivity contribution in [1.29, 1.82) is 0 Å². The van der Waals surface area contributed by atoms with Crippen LogP contribution in [0.2, 0.25) is 0 Å². The largest absolute Gasteiger partial charge is 0.345 e. The van der Waals surface area contributed by atoms with E-state index in [-0.39, 0.29) is 11.8 Å². The number of amides is 2. The van der Waals surface area contributed by atoms with E-state index < -0.39 is 0 Å². The first-order valence-electron chi connectivity index (χ1n) is 6.96. The van der Waals surface area contributed by atoms with Gasteiger partial charge < -0.3 is 15.5 Å². The van der Waals surface area contributed by atoms with Crippen LogP contribution in [0.3, 0.4) is 0 Å². The fourth-order valence-corrected chi connectivity index (χ4v) is 2.21. The molecule has 0 aromatic rings. The van der Waals surface area contributed by atoms with Crippen molar-refractivity contribution in [2.45, 2.75) is 19.8 Å². The van der Waals surface area contributed by atoms with Crippen molar-refractivity contribution in [1.82, 2.24) is 14.7 Å². The molecule has 0 aromatic heterocycles. The zero-order valence-corrected chi connectivity index (χ0v) is 12.1. The van der Waals surface area contributed by atoms with Crippen molar-refractivity contribution < 1.29 is 9.59 Å². The Morgan fingerprint density at radius 2 is 1.95 bits per heavy atom. The molecule has 0 saturated carbocycles. The summed E-state index contributed by atoms with van der Waals surface area (Å²) < 4.78 is 0. The molecule has 6 nitrogen and oxygen atoms in total. The van der Waals surface area contributed by atoms with E-state index >= 15 is 0 Å². The van der Waals surface area contributed by atoms with Gasteiger partial charge in [0, 0.05) is 46.7 Å². The number of rotatable bonds is 5. The maximum atomic E-state index is 12.0. The highest BCUT2D eigenvalue weighted by Crippen LogP contribution is 2.04. The lowest BCUT2D eigenvalue weighted by Gasteiger charge is -2.24. The molecule has 0 spiro atoms. The third-order valence-corrected chi connectivity index (χ3v) is 3.52. The first-order valence-corrected chi connectivity index (χ1v) is 6.96. The highest BCUT2D eigenvalue weighted by atomic mass is 16.2. The molecular formula is C13H26N4O2. The minimum atomic E-state index is 0.119. The first kappa shape index (κ1) is 15.9. The number of nitrogens with two attached hydrogens (primary N) is 1. The van der Waals surface area contributed by atoms with E-state index in [0.717, 1.165) is 39.0 Å². The molecule has 0 aliphatic carbocycles. The van der Waals surface area contributed by atoms with Crippen LogP contribution in [0.15, 0.2) is 0 Å². The van der Waals surface area contributed by atoms with Crippen molar-refractivity contribution in [3.05, 3.63) is 0 Å². The predicted molar refractivity (Wildman–Crippen MR) is 74.6 cm³/mol. The third kappa shape index (κ3) is 5.57. The van der Waals surface area contributed by atoms with Crippen LogP contribution >= 0.6 is 0 Å². The van der Waals surface area contributed by atoms with E-state index in [2.05, 4.69) is 4.90 Å². The summed E-state index contributed by atoms with van der Waals surface area (Å²) >= 11 is 0. The highest BCUT2D eigenvalue weighted by Gasteiger charge is 2.19. The number of hydrogen-bond acceptors (Lipinski definition) is 4. The average molecular weight is 270 g/mol. The lowest BCUT2D eigenvalue weighted by Crippen LogP contribution is -2.41. The van der Waals surface area contributed by atoms with Crippen LogP contribution in [0, 0.1) is 0 Å². The van der Waals surface area contributed by atoms with Crippen molar-refractivity contribution in [3.63, 3.8) is 0 Å². The minimum absolute atomic E-state index is 0.119. The first-order chi connectivity index (χ1) is 9.04. The van der Waals surface area contributed by atoms with Gasteiger partial charge in [-0.1, -0.05) is 0 Å². The molecule has 1 heterocycles. The van der Waals surface area contributed by atoms with Crippen molar-refractivity contribution in [2.24, 2.45) is 5.73 Å². The quantitative estimate of drug-likeness (QED) is 0.720. The molecule has 19 heavy (non-hydrogen) atoms. The summed E-state index contributed by atoms with van der Waals surface area (Å²) in [5.41, 5.74) is 5.44. The number of likely N-dealkylation sites (N-methyl/N-ethyl adjacent to an activating group) is 1. The molecule has 6 heteroatoms. The Morgan fingerprint density at radius 1 is 1.21 bits per heavy atom. The van der Waals surface area contributed by atoms with Crippen LogP contribution in [0.1, 0.15) is 19.8 Å². The second-order valence-electron chi connectivity index (χ2n) is 5.09. The Hall–Kier alpha value is -1.14. The molecule has 0 atom stereocenters. The molecule has 0 bridgehead atoms. The van der Waals surface area contributed by atoms with Gasteiger partial charge in [0.25, 0.3) is 0 Å². The van der Waals surface area contributed by atoms with Crippen molar-refractivity contribution in [3.8, 4) is 0 Å². The molecular weight excluding hydrogens is 244 g/mol. The normalized spacial score (nSPS) is 17.1. The maximum absolute atomic E-state index is 12.0. The zero-order valence-electron chi connectivity index (χ0n) is 12.1. The third-order valence-electron chi connectivity index (χ3n) is 3.52. The highest BCUT2D eigenvalue weighted by molar-refractivity contribution is 5.78. The van der Waals surface area contributed by atoms with Gasteiger partial charge in [-0.3, -0.25) is 14.5 Å². The average Bonchev–Trinajstić information content (AvgIpc) is 2.61. The number of carbonyl (C=O) groups is 2.